The van der Waals surface area contributed by atoms with Crippen molar-refractivity contribution >= 4 is 61.5 Å². The summed E-state index contributed by atoms with van der Waals surface area (Å²) in [5.41, 5.74) is 1.89. The van der Waals surface area contributed by atoms with Gasteiger partial charge in [0.15, 0.2) is 5.78 Å². The summed E-state index contributed by atoms with van der Waals surface area (Å²) >= 11 is 8.15. The van der Waals surface area contributed by atoms with Crippen molar-refractivity contribution in [1.29, 1.82) is 0 Å². The van der Waals surface area contributed by atoms with Crippen LogP contribution in [0.2, 0.25) is 0 Å². The third kappa shape index (κ3) is 5.84. The number of carbonyl (C=O) groups excluding carboxylic acids is 1. The van der Waals surface area contributed by atoms with Gasteiger partial charge in [0, 0.05) is 20.3 Å². The number of ketones is 1. The number of allylic oxidation sites excluding steroid dienone is 1. The fraction of sp³-hybridized carbons (Fsp3) is 0.0435. The smallest absolute Gasteiger partial charge is 0.339 e. The van der Waals surface area contributed by atoms with Gasteiger partial charge in [0.1, 0.15) is 11.3 Å². The summed E-state index contributed by atoms with van der Waals surface area (Å²) in [5.74, 6) is -1.13. The number of hydrogen-bond donors (Lipinski definition) is 2. The van der Waals surface area contributed by atoms with Gasteiger partial charge >= 0.3 is 5.97 Å². The largest absolute Gasteiger partial charge is 0.507 e. The van der Waals surface area contributed by atoms with Gasteiger partial charge in [-0.1, -0.05) is 50.1 Å². The van der Waals surface area contributed by atoms with Crippen LogP contribution in [0.5, 0.6) is 5.75 Å². The van der Waals surface area contributed by atoms with Crippen molar-refractivity contribution in [2.24, 2.45) is 0 Å². The van der Waals surface area contributed by atoms with Crippen LogP contribution in [0.1, 0.15) is 31.8 Å². The molecule has 152 valence electrons. The molecule has 3 rings (SSSR count). The van der Waals surface area contributed by atoms with Crippen LogP contribution in [0.15, 0.2) is 80.6 Å². The number of carboxylic acids is 1. The molecule has 0 saturated heterocycles. The van der Waals surface area contributed by atoms with Gasteiger partial charge < -0.3 is 10.2 Å². The molecule has 0 saturated carbocycles. The van der Waals surface area contributed by atoms with E-state index in [1.807, 2.05) is 24.3 Å². The first kappa shape index (κ1) is 22.3. The van der Waals surface area contributed by atoms with Crippen LogP contribution in [0.4, 0.5) is 0 Å². The third-order valence-corrected chi connectivity index (χ3v) is 6.34. The quantitative estimate of drug-likeness (QED) is 0.252. The maximum Gasteiger partial charge on any atom is 0.339 e. The predicted octanol–water partition coefficient (Wildman–Crippen LogP) is 6.77. The maximum atomic E-state index is 13.1. The second-order valence-electron chi connectivity index (χ2n) is 6.34. The molecule has 3 aromatic rings. The van der Waals surface area contributed by atoms with Gasteiger partial charge in [-0.05, 0) is 65.7 Å². The molecule has 0 aliphatic carbocycles. The molecule has 0 amide bonds. The Morgan fingerprint density at radius 2 is 1.50 bits per heavy atom. The Hall–Kier alpha value is -2.35. The monoisotopic (exact) mass is 546 g/mol. The second kappa shape index (κ2) is 10.1. The average molecular weight is 548 g/mol. The van der Waals surface area contributed by atoms with Crippen molar-refractivity contribution in [3.05, 3.63) is 103 Å². The number of halogens is 2. The van der Waals surface area contributed by atoms with Crippen molar-refractivity contribution in [3.8, 4) is 5.75 Å². The molecule has 0 bridgehead atoms. The first-order valence-electron chi connectivity index (χ1n) is 8.79. The van der Waals surface area contributed by atoms with Crippen LogP contribution in [0.3, 0.4) is 0 Å². The van der Waals surface area contributed by atoms with Gasteiger partial charge in [-0.25, -0.2) is 4.79 Å². The zero-order valence-corrected chi connectivity index (χ0v) is 19.5. The number of aromatic carboxylic acids is 1. The number of Topliss-reactive ketones (excluding diaryl/α,β-unsaturated/α-hetero) is 1. The Labute approximate surface area is 194 Å². The molecule has 4 nitrogen and oxygen atoms in total. The van der Waals surface area contributed by atoms with Crippen LogP contribution < -0.4 is 0 Å². The molecule has 0 spiro atoms. The lowest BCUT2D eigenvalue weighted by atomic mass is 10.1. The average Bonchev–Trinajstić information content (AvgIpc) is 2.73. The van der Waals surface area contributed by atoms with E-state index in [-0.39, 0.29) is 17.1 Å². The highest BCUT2D eigenvalue weighted by Crippen LogP contribution is 2.29. The lowest BCUT2D eigenvalue weighted by Gasteiger charge is -2.09. The van der Waals surface area contributed by atoms with Crippen LogP contribution >= 0.6 is 43.6 Å². The fourth-order valence-corrected chi connectivity index (χ4v) is 4.14. The molecule has 0 fully saturated rings. The maximum absolute atomic E-state index is 13.1. The van der Waals surface area contributed by atoms with Crippen molar-refractivity contribution in [2.45, 2.75) is 5.75 Å². The zero-order chi connectivity index (χ0) is 21.7. The Balaban J connectivity index is 1.95. The molecule has 0 unspecified atom stereocenters. The van der Waals surface area contributed by atoms with E-state index in [4.69, 9.17) is 0 Å². The van der Waals surface area contributed by atoms with Crippen molar-refractivity contribution in [3.63, 3.8) is 0 Å². The highest BCUT2D eigenvalue weighted by molar-refractivity contribution is 9.10. The Bertz CT molecular complexity index is 1110. The van der Waals surface area contributed by atoms with Crippen LogP contribution in [-0.4, -0.2) is 22.0 Å². The Kier molecular flexibility index (Phi) is 7.53. The summed E-state index contributed by atoms with van der Waals surface area (Å²) in [5, 5.41) is 19.0. The highest BCUT2D eigenvalue weighted by atomic mass is 79.9. The molecule has 7 heteroatoms. The predicted molar refractivity (Wildman–Crippen MR) is 127 cm³/mol. The van der Waals surface area contributed by atoms with Gasteiger partial charge in [-0.3, -0.25) is 4.79 Å². The molecule has 3 aromatic carbocycles. The normalized spacial score (nSPS) is 11.3. The summed E-state index contributed by atoms with van der Waals surface area (Å²) in [7, 11) is 0. The Morgan fingerprint density at radius 1 is 0.900 bits per heavy atom. The lowest BCUT2D eigenvalue weighted by Crippen LogP contribution is -2.02. The molecule has 0 aliphatic rings. The number of carbonyl (C=O) groups is 2. The van der Waals surface area contributed by atoms with Crippen molar-refractivity contribution in [1.82, 2.24) is 0 Å². The van der Waals surface area contributed by atoms with E-state index in [1.54, 1.807) is 36.4 Å². The van der Waals surface area contributed by atoms with Gasteiger partial charge in [0.05, 0.1) is 4.91 Å². The summed E-state index contributed by atoms with van der Waals surface area (Å²) in [6.07, 6.45) is 1.65. The summed E-state index contributed by atoms with van der Waals surface area (Å²) < 4.78 is 1.85. The molecule has 2 N–H and O–H groups in total. The highest BCUT2D eigenvalue weighted by Gasteiger charge is 2.15. The minimum absolute atomic E-state index is 0.158. The topological polar surface area (TPSA) is 74.6 Å². The van der Waals surface area contributed by atoms with Gasteiger partial charge in [0.2, 0.25) is 0 Å². The van der Waals surface area contributed by atoms with E-state index < -0.39 is 5.97 Å². The SMILES string of the molecule is O=C(/C(=C\c1ccc(O)c(C(=O)O)c1)SCc1ccc(Br)cc1)c1ccc(Br)cc1. The van der Waals surface area contributed by atoms with Crippen LogP contribution in [0, 0.1) is 0 Å². The van der Waals surface area contributed by atoms with E-state index >= 15 is 0 Å². The fourth-order valence-electron chi connectivity index (χ4n) is 2.62. The second-order valence-corrected chi connectivity index (χ2v) is 9.19. The van der Waals surface area contributed by atoms with E-state index in [2.05, 4.69) is 31.9 Å². The van der Waals surface area contributed by atoms with Crippen molar-refractivity contribution < 1.29 is 19.8 Å². The number of thioether (sulfide) groups is 1. The summed E-state index contributed by atoms with van der Waals surface area (Å²) in [4.78, 5) is 24.9. The molecular weight excluding hydrogens is 532 g/mol. The molecule has 0 radical (unpaired) electrons. The molecule has 0 heterocycles. The zero-order valence-electron chi connectivity index (χ0n) is 15.5. The number of carboxylic acid groups (broad SMARTS) is 1. The van der Waals surface area contributed by atoms with E-state index in [0.717, 1.165) is 14.5 Å². The molecular formula is C23H16Br2O4S. The minimum Gasteiger partial charge on any atom is -0.507 e. The summed E-state index contributed by atoms with van der Waals surface area (Å²) in [6.45, 7) is 0. The Morgan fingerprint density at radius 3 is 2.10 bits per heavy atom. The number of phenols is 1. The van der Waals surface area contributed by atoms with E-state index in [0.29, 0.717) is 21.8 Å². The van der Waals surface area contributed by atoms with Crippen molar-refractivity contribution in [2.75, 3.05) is 0 Å². The van der Waals surface area contributed by atoms with Gasteiger partial charge in [0.25, 0.3) is 0 Å². The number of benzene rings is 3. The first-order chi connectivity index (χ1) is 14.3. The van der Waals surface area contributed by atoms with E-state index in [1.165, 1.54) is 23.9 Å². The van der Waals surface area contributed by atoms with Crippen LogP contribution in [0.25, 0.3) is 6.08 Å². The molecule has 0 atom stereocenters. The van der Waals surface area contributed by atoms with E-state index in [9.17, 15) is 19.8 Å². The number of aromatic hydroxyl groups is 1. The lowest BCUT2D eigenvalue weighted by molar-refractivity contribution is 0.0693. The number of hydrogen-bond acceptors (Lipinski definition) is 4. The first-order valence-corrected chi connectivity index (χ1v) is 11.4. The molecule has 0 aromatic heterocycles. The molecule has 30 heavy (non-hydrogen) atoms. The third-order valence-electron chi connectivity index (χ3n) is 4.19. The summed E-state index contributed by atoms with van der Waals surface area (Å²) in [6, 6.07) is 19.1. The minimum atomic E-state index is -1.23. The van der Waals surface area contributed by atoms with Gasteiger partial charge in [-0.15, -0.1) is 11.8 Å². The molecule has 0 aliphatic heterocycles. The van der Waals surface area contributed by atoms with Crippen LogP contribution in [-0.2, 0) is 5.75 Å². The van der Waals surface area contributed by atoms with Gasteiger partial charge in [-0.2, -0.15) is 0 Å². The standard InChI is InChI=1S/C23H16Br2O4S/c24-17-6-1-14(2-7-17)13-30-21(22(27)16-4-8-18(25)9-5-16)12-15-3-10-20(26)19(11-15)23(28)29/h1-12,26H,13H2,(H,28,29)/b21-12+. The number of rotatable bonds is 7.